The van der Waals surface area contributed by atoms with Gasteiger partial charge >= 0.3 is 5.97 Å². The number of methoxy groups -OCH3 is 2. The van der Waals surface area contributed by atoms with Crippen LogP contribution in [0.5, 0.6) is 11.5 Å². The zero-order chi connectivity index (χ0) is 21.5. The van der Waals surface area contributed by atoms with Gasteiger partial charge in [0.05, 0.1) is 19.8 Å². The molecule has 0 spiro atoms. The van der Waals surface area contributed by atoms with E-state index in [1.54, 1.807) is 41.3 Å². The molecule has 1 fully saturated rings. The third-order valence-electron chi connectivity index (χ3n) is 4.68. The van der Waals surface area contributed by atoms with E-state index in [2.05, 4.69) is 5.32 Å². The molecule has 0 aliphatic carbocycles. The number of esters is 1. The lowest BCUT2D eigenvalue weighted by Crippen LogP contribution is -2.24. The number of rotatable bonds is 8. The number of likely N-dealkylation sites (tertiary alicyclic amines) is 1. The van der Waals surface area contributed by atoms with Crippen LogP contribution < -0.4 is 14.8 Å². The van der Waals surface area contributed by atoms with Crippen molar-refractivity contribution < 1.29 is 28.6 Å². The van der Waals surface area contributed by atoms with Crippen LogP contribution in [0.4, 0.5) is 5.69 Å². The Hall–Kier alpha value is -3.55. The summed E-state index contributed by atoms with van der Waals surface area (Å²) >= 11 is 0. The summed E-state index contributed by atoms with van der Waals surface area (Å²) in [6.45, 7) is 0.744. The Morgan fingerprint density at radius 3 is 2.43 bits per heavy atom. The molecule has 0 aromatic heterocycles. The fourth-order valence-corrected chi connectivity index (χ4v) is 3.18. The summed E-state index contributed by atoms with van der Waals surface area (Å²) in [4.78, 5) is 38.0. The molecule has 0 bridgehead atoms. The highest BCUT2D eigenvalue weighted by Crippen LogP contribution is 2.25. The van der Waals surface area contributed by atoms with E-state index in [-0.39, 0.29) is 5.91 Å². The molecule has 1 aliphatic heterocycles. The number of benzene rings is 2. The third-order valence-corrected chi connectivity index (χ3v) is 4.68. The SMILES string of the molecule is COc1cc(NC(=O)COC(=O)c2cccc(CN3CCCC3=O)c2)cc(OC)c1. The number of amides is 2. The standard InChI is InChI=1S/C22H24N2O6/c1-28-18-10-17(11-19(12-18)29-2)23-20(25)14-30-22(27)16-6-3-5-15(9-16)13-24-8-4-7-21(24)26/h3,5-6,9-12H,4,7-8,13-14H2,1-2H3,(H,23,25). The van der Waals surface area contributed by atoms with Gasteiger partial charge in [-0.15, -0.1) is 0 Å². The van der Waals surface area contributed by atoms with Gasteiger partial charge in [-0.05, 0) is 24.1 Å². The summed E-state index contributed by atoms with van der Waals surface area (Å²) in [6, 6.07) is 11.8. The lowest BCUT2D eigenvalue weighted by molar-refractivity contribution is -0.128. The minimum atomic E-state index is -0.608. The van der Waals surface area contributed by atoms with Crippen LogP contribution in [0, 0.1) is 0 Å². The van der Waals surface area contributed by atoms with Crippen molar-refractivity contribution >= 4 is 23.5 Å². The van der Waals surface area contributed by atoms with Crippen molar-refractivity contribution in [1.82, 2.24) is 4.90 Å². The summed E-state index contributed by atoms with van der Waals surface area (Å²) in [5.74, 6) is 0.0687. The second kappa shape index (κ2) is 9.78. The maximum absolute atomic E-state index is 12.3. The predicted octanol–water partition coefficient (Wildman–Crippen LogP) is 2.62. The van der Waals surface area contributed by atoms with Crippen molar-refractivity contribution in [2.75, 3.05) is 32.7 Å². The summed E-state index contributed by atoms with van der Waals surface area (Å²) in [5.41, 5.74) is 1.63. The molecular formula is C22H24N2O6. The van der Waals surface area contributed by atoms with Gasteiger partial charge in [0.15, 0.2) is 6.61 Å². The quantitative estimate of drug-likeness (QED) is 0.670. The van der Waals surface area contributed by atoms with Crippen LogP contribution in [-0.4, -0.2) is 50.1 Å². The number of carbonyl (C=O) groups is 3. The Morgan fingerprint density at radius 2 is 1.80 bits per heavy atom. The number of hydrogen-bond acceptors (Lipinski definition) is 6. The Kier molecular flexibility index (Phi) is 6.90. The smallest absolute Gasteiger partial charge is 0.338 e. The van der Waals surface area contributed by atoms with Crippen molar-refractivity contribution in [1.29, 1.82) is 0 Å². The van der Waals surface area contributed by atoms with E-state index in [1.807, 2.05) is 6.07 Å². The molecule has 0 radical (unpaired) electrons. The van der Waals surface area contributed by atoms with Crippen LogP contribution in [0.25, 0.3) is 0 Å². The highest BCUT2D eigenvalue weighted by atomic mass is 16.5. The van der Waals surface area contributed by atoms with Gasteiger partial charge in [-0.1, -0.05) is 12.1 Å². The molecule has 0 saturated carbocycles. The van der Waals surface area contributed by atoms with E-state index in [9.17, 15) is 14.4 Å². The molecule has 0 unspecified atom stereocenters. The zero-order valence-electron chi connectivity index (χ0n) is 17.0. The average molecular weight is 412 g/mol. The fraction of sp³-hybridized carbons (Fsp3) is 0.318. The van der Waals surface area contributed by atoms with Crippen LogP contribution in [-0.2, 0) is 20.9 Å². The molecule has 2 amide bonds. The van der Waals surface area contributed by atoms with Gasteiger partial charge in [-0.2, -0.15) is 0 Å². The molecule has 1 N–H and O–H groups in total. The molecule has 8 nitrogen and oxygen atoms in total. The van der Waals surface area contributed by atoms with Crippen molar-refractivity contribution in [3.63, 3.8) is 0 Å². The van der Waals surface area contributed by atoms with Crippen LogP contribution in [0.15, 0.2) is 42.5 Å². The summed E-state index contributed by atoms with van der Waals surface area (Å²) in [5, 5.41) is 2.64. The Balaban J connectivity index is 1.55. The molecular weight excluding hydrogens is 388 g/mol. The molecule has 0 atom stereocenters. The van der Waals surface area contributed by atoms with Crippen LogP contribution in [0.1, 0.15) is 28.8 Å². The van der Waals surface area contributed by atoms with Crippen molar-refractivity contribution in [2.24, 2.45) is 0 Å². The molecule has 2 aromatic carbocycles. The second-order valence-corrected chi connectivity index (χ2v) is 6.84. The number of hydrogen-bond donors (Lipinski definition) is 1. The molecule has 3 rings (SSSR count). The topological polar surface area (TPSA) is 94.2 Å². The molecule has 8 heteroatoms. The Bertz CT molecular complexity index is 921. The highest BCUT2D eigenvalue weighted by molar-refractivity contribution is 5.95. The van der Waals surface area contributed by atoms with Crippen LogP contribution in [0.3, 0.4) is 0 Å². The predicted molar refractivity (Wildman–Crippen MR) is 110 cm³/mol. The van der Waals surface area contributed by atoms with Crippen LogP contribution in [0.2, 0.25) is 0 Å². The number of anilines is 1. The number of nitrogens with zero attached hydrogens (tertiary/aromatic N) is 1. The maximum atomic E-state index is 12.3. The van der Waals surface area contributed by atoms with Gasteiger partial charge in [0.2, 0.25) is 5.91 Å². The largest absolute Gasteiger partial charge is 0.497 e. The summed E-state index contributed by atoms with van der Waals surface area (Å²) in [7, 11) is 3.02. The molecule has 1 saturated heterocycles. The van der Waals surface area contributed by atoms with Gasteiger partial charge in [-0.25, -0.2) is 4.79 Å². The lowest BCUT2D eigenvalue weighted by atomic mass is 10.1. The first kappa shape index (κ1) is 21.2. The van der Waals surface area contributed by atoms with Crippen molar-refractivity contribution in [2.45, 2.75) is 19.4 Å². The summed E-state index contributed by atoms with van der Waals surface area (Å²) < 4.78 is 15.4. The number of nitrogens with one attached hydrogen (secondary N) is 1. The number of carbonyl (C=O) groups excluding carboxylic acids is 3. The average Bonchev–Trinajstić information content (AvgIpc) is 3.16. The van der Waals surface area contributed by atoms with Gasteiger partial charge < -0.3 is 24.4 Å². The lowest BCUT2D eigenvalue weighted by Gasteiger charge is -2.15. The normalized spacial score (nSPS) is 13.1. The van der Waals surface area contributed by atoms with E-state index >= 15 is 0 Å². The van der Waals surface area contributed by atoms with E-state index < -0.39 is 18.5 Å². The van der Waals surface area contributed by atoms with Crippen LogP contribution >= 0.6 is 0 Å². The van der Waals surface area contributed by atoms with E-state index in [4.69, 9.17) is 14.2 Å². The van der Waals surface area contributed by atoms with E-state index in [1.165, 1.54) is 14.2 Å². The Labute approximate surface area is 174 Å². The monoisotopic (exact) mass is 412 g/mol. The first-order chi connectivity index (χ1) is 14.5. The first-order valence-electron chi connectivity index (χ1n) is 9.55. The minimum Gasteiger partial charge on any atom is -0.497 e. The van der Waals surface area contributed by atoms with E-state index in [0.717, 1.165) is 18.5 Å². The zero-order valence-corrected chi connectivity index (χ0v) is 17.0. The second-order valence-electron chi connectivity index (χ2n) is 6.84. The van der Waals surface area contributed by atoms with Gasteiger partial charge in [0.1, 0.15) is 11.5 Å². The third kappa shape index (κ3) is 5.50. The van der Waals surface area contributed by atoms with Gasteiger partial charge in [-0.3, -0.25) is 9.59 Å². The highest BCUT2D eigenvalue weighted by Gasteiger charge is 2.20. The van der Waals surface area contributed by atoms with Crippen molar-refractivity contribution in [3.05, 3.63) is 53.6 Å². The molecule has 1 aliphatic rings. The summed E-state index contributed by atoms with van der Waals surface area (Å²) in [6.07, 6.45) is 1.42. The minimum absolute atomic E-state index is 0.119. The Morgan fingerprint density at radius 1 is 1.07 bits per heavy atom. The molecule has 30 heavy (non-hydrogen) atoms. The maximum Gasteiger partial charge on any atom is 0.338 e. The fourth-order valence-electron chi connectivity index (χ4n) is 3.18. The van der Waals surface area contributed by atoms with Gasteiger partial charge in [0, 0.05) is 43.4 Å². The molecule has 158 valence electrons. The first-order valence-corrected chi connectivity index (χ1v) is 9.55. The van der Waals surface area contributed by atoms with E-state index in [0.29, 0.717) is 35.7 Å². The molecule has 1 heterocycles. The number of ether oxygens (including phenoxy) is 3. The van der Waals surface area contributed by atoms with Gasteiger partial charge in [0.25, 0.3) is 5.91 Å². The molecule has 2 aromatic rings. The van der Waals surface area contributed by atoms with Crippen molar-refractivity contribution in [3.8, 4) is 11.5 Å².